The number of ether oxygens (including phenoxy) is 1. The summed E-state index contributed by atoms with van der Waals surface area (Å²) in [5, 5.41) is 13.8. The van der Waals surface area contributed by atoms with E-state index in [1.165, 1.54) is 0 Å². The summed E-state index contributed by atoms with van der Waals surface area (Å²) < 4.78 is 5.51. The van der Waals surface area contributed by atoms with E-state index >= 15 is 0 Å². The highest BCUT2D eigenvalue weighted by molar-refractivity contribution is 6.30. The average molecular weight is 442 g/mol. The van der Waals surface area contributed by atoms with Crippen molar-refractivity contribution in [2.24, 2.45) is 5.92 Å². The zero-order valence-electron chi connectivity index (χ0n) is 17.4. The molecule has 2 fully saturated rings. The van der Waals surface area contributed by atoms with E-state index in [2.05, 4.69) is 16.3 Å². The van der Waals surface area contributed by atoms with Crippen LogP contribution in [-0.2, 0) is 4.74 Å². The number of anilines is 2. The minimum atomic E-state index is -0.161. The summed E-state index contributed by atoms with van der Waals surface area (Å²) in [5.74, 6) is 0.825. The topological polar surface area (TPSA) is 65.0 Å². The lowest BCUT2D eigenvalue weighted by Gasteiger charge is -2.59. The van der Waals surface area contributed by atoms with Gasteiger partial charge in [-0.1, -0.05) is 35.9 Å². The van der Waals surface area contributed by atoms with E-state index in [-0.39, 0.29) is 30.6 Å². The highest BCUT2D eigenvalue weighted by atomic mass is 35.5. The van der Waals surface area contributed by atoms with Gasteiger partial charge in [0.25, 0.3) is 0 Å². The van der Waals surface area contributed by atoms with Crippen LogP contribution in [0.2, 0.25) is 5.02 Å². The Morgan fingerprint density at radius 3 is 2.74 bits per heavy atom. The minimum Gasteiger partial charge on any atom is -0.395 e. The molecular weight excluding hydrogens is 414 g/mol. The second kappa shape index (κ2) is 8.79. The van der Waals surface area contributed by atoms with E-state index in [1.54, 1.807) is 12.1 Å². The van der Waals surface area contributed by atoms with E-state index in [4.69, 9.17) is 16.3 Å². The zero-order valence-corrected chi connectivity index (χ0v) is 18.2. The van der Waals surface area contributed by atoms with Crippen LogP contribution in [0.4, 0.5) is 16.2 Å². The van der Waals surface area contributed by atoms with Crippen molar-refractivity contribution >= 4 is 29.0 Å². The molecule has 3 aliphatic rings. The molecule has 0 radical (unpaired) electrons. The fourth-order valence-electron chi connectivity index (χ4n) is 5.41. The Kier molecular flexibility index (Phi) is 5.89. The number of carbonyl (C=O) groups excluding carboxylic acids is 1. The molecule has 0 bridgehead atoms. The van der Waals surface area contributed by atoms with Crippen LogP contribution in [0.1, 0.15) is 24.3 Å². The van der Waals surface area contributed by atoms with Gasteiger partial charge in [-0.25, -0.2) is 4.79 Å². The number of benzene rings is 2. The number of likely N-dealkylation sites (tertiary alicyclic amines) is 1. The van der Waals surface area contributed by atoms with Gasteiger partial charge in [-0.3, -0.25) is 9.80 Å². The summed E-state index contributed by atoms with van der Waals surface area (Å²) in [5.41, 5.74) is 2.74. The van der Waals surface area contributed by atoms with Gasteiger partial charge < -0.3 is 15.2 Å². The molecule has 2 N–H and O–H groups in total. The standard InChI is InChI=1S/C24H28ClN3O3/c25-17-4-3-5-18(12-17)26-24(30)28-14-21-23(19-6-1-2-7-20(19)28)22(15-29)27(21)13-16-8-10-31-11-9-16/h1-7,12,16,21-23,29H,8-11,13-15H2,(H,26,30)/t21-,22+,23+/m0/s1. The van der Waals surface area contributed by atoms with Crippen molar-refractivity contribution in [3.05, 3.63) is 59.1 Å². The summed E-state index contributed by atoms with van der Waals surface area (Å²) >= 11 is 6.09. The Morgan fingerprint density at radius 1 is 1.16 bits per heavy atom. The number of rotatable bonds is 4. The third-order valence-corrected chi connectivity index (χ3v) is 7.19. The number of carbonyl (C=O) groups is 1. The molecular formula is C24H28ClN3O3. The predicted molar refractivity (Wildman–Crippen MR) is 122 cm³/mol. The van der Waals surface area contributed by atoms with Crippen molar-refractivity contribution in [3.63, 3.8) is 0 Å². The zero-order chi connectivity index (χ0) is 21.4. The monoisotopic (exact) mass is 441 g/mol. The largest absolute Gasteiger partial charge is 0.395 e. The van der Waals surface area contributed by atoms with Gasteiger partial charge >= 0.3 is 6.03 Å². The number of fused-ring (bicyclic) bond motifs is 3. The minimum absolute atomic E-state index is 0.104. The number of nitrogens with zero attached hydrogens (tertiary/aromatic N) is 2. The Bertz CT molecular complexity index is 949. The molecule has 0 saturated carbocycles. The van der Waals surface area contributed by atoms with Crippen LogP contribution in [0.25, 0.3) is 0 Å². The number of para-hydroxylation sites is 1. The SMILES string of the molecule is O=C(Nc1cccc(Cl)c1)N1C[C@H]2[C@@H](c3ccccc31)[C@@H](CO)N2CC1CCOCC1. The van der Waals surface area contributed by atoms with Crippen molar-refractivity contribution < 1.29 is 14.6 Å². The highest BCUT2D eigenvalue weighted by Crippen LogP contribution is 2.48. The van der Waals surface area contributed by atoms with Crippen molar-refractivity contribution in [1.82, 2.24) is 4.90 Å². The maximum atomic E-state index is 13.3. The number of hydrogen-bond acceptors (Lipinski definition) is 4. The average Bonchev–Trinajstić information content (AvgIpc) is 2.78. The van der Waals surface area contributed by atoms with E-state index in [0.717, 1.165) is 43.9 Å². The third kappa shape index (κ3) is 3.94. The Labute approximate surface area is 187 Å². The first kappa shape index (κ1) is 20.8. The quantitative estimate of drug-likeness (QED) is 0.754. The van der Waals surface area contributed by atoms with Gasteiger partial charge in [0.2, 0.25) is 0 Å². The van der Waals surface area contributed by atoms with Gasteiger partial charge in [0.1, 0.15) is 0 Å². The Morgan fingerprint density at radius 2 is 1.97 bits per heavy atom. The number of urea groups is 1. The molecule has 0 aliphatic carbocycles. The molecule has 6 nitrogen and oxygen atoms in total. The van der Waals surface area contributed by atoms with E-state index in [0.29, 0.717) is 23.2 Å². The summed E-state index contributed by atoms with van der Waals surface area (Å²) in [4.78, 5) is 17.5. The fraction of sp³-hybridized carbons (Fsp3) is 0.458. The van der Waals surface area contributed by atoms with E-state index < -0.39 is 0 Å². The normalized spacial score (nSPS) is 26.0. The van der Waals surface area contributed by atoms with Crippen LogP contribution in [-0.4, -0.2) is 61.0 Å². The lowest BCUT2D eigenvalue weighted by molar-refractivity contribution is -0.0622. The van der Waals surface area contributed by atoms with Crippen LogP contribution in [0.15, 0.2) is 48.5 Å². The van der Waals surface area contributed by atoms with Crippen LogP contribution in [0.3, 0.4) is 0 Å². The van der Waals surface area contributed by atoms with Crippen LogP contribution >= 0.6 is 11.6 Å². The molecule has 0 spiro atoms. The lowest BCUT2D eigenvalue weighted by atomic mass is 9.71. The summed E-state index contributed by atoms with van der Waals surface area (Å²) in [6.07, 6.45) is 2.11. The number of hydrogen-bond donors (Lipinski definition) is 2. The first-order valence-corrected chi connectivity index (χ1v) is 11.4. The van der Waals surface area contributed by atoms with Gasteiger partial charge in [0.15, 0.2) is 0 Å². The number of amides is 2. The van der Waals surface area contributed by atoms with Gasteiger partial charge in [-0.05, 0) is 48.6 Å². The molecule has 164 valence electrons. The lowest BCUT2D eigenvalue weighted by Crippen LogP contribution is -2.70. The Hall–Kier alpha value is -2.12. The molecule has 2 saturated heterocycles. The van der Waals surface area contributed by atoms with E-state index in [1.807, 2.05) is 35.2 Å². The van der Waals surface area contributed by atoms with Crippen molar-refractivity contribution in [2.45, 2.75) is 30.8 Å². The first-order valence-electron chi connectivity index (χ1n) is 11.0. The van der Waals surface area contributed by atoms with Crippen molar-refractivity contribution in [1.29, 1.82) is 0 Å². The van der Waals surface area contributed by atoms with Crippen LogP contribution < -0.4 is 10.2 Å². The predicted octanol–water partition coefficient (Wildman–Crippen LogP) is 3.95. The number of halogens is 1. The van der Waals surface area contributed by atoms with Crippen molar-refractivity contribution in [3.8, 4) is 0 Å². The fourth-order valence-corrected chi connectivity index (χ4v) is 5.60. The molecule has 0 aromatic heterocycles. The van der Waals surface area contributed by atoms with E-state index in [9.17, 15) is 9.90 Å². The van der Waals surface area contributed by atoms with Crippen molar-refractivity contribution in [2.75, 3.05) is 43.1 Å². The summed E-state index contributed by atoms with van der Waals surface area (Å²) in [6, 6.07) is 15.4. The van der Waals surface area contributed by atoms with Gasteiger partial charge in [-0.15, -0.1) is 0 Å². The number of aliphatic hydroxyl groups is 1. The molecule has 7 heteroatoms. The first-order chi connectivity index (χ1) is 15.2. The second-order valence-electron chi connectivity index (χ2n) is 8.71. The number of nitrogens with one attached hydrogen (secondary N) is 1. The summed E-state index contributed by atoms with van der Waals surface area (Å²) in [6.45, 7) is 3.31. The number of aliphatic hydroxyl groups excluding tert-OH is 1. The molecule has 2 aromatic rings. The summed E-state index contributed by atoms with van der Waals surface area (Å²) in [7, 11) is 0. The van der Waals surface area contributed by atoms with Gasteiger partial charge in [0, 0.05) is 60.7 Å². The van der Waals surface area contributed by atoms with Gasteiger partial charge in [-0.2, -0.15) is 0 Å². The second-order valence-corrected chi connectivity index (χ2v) is 9.14. The van der Waals surface area contributed by atoms with Crippen LogP contribution in [0.5, 0.6) is 0 Å². The molecule has 5 rings (SSSR count). The molecule has 3 heterocycles. The van der Waals surface area contributed by atoms with Gasteiger partial charge in [0.05, 0.1) is 6.61 Å². The molecule has 2 amide bonds. The van der Waals surface area contributed by atoms with Crippen LogP contribution in [0, 0.1) is 5.92 Å². The smallest absolute Gasteiger partial charge is 0.326 e. The Balaban J connectivity index is 1.39. The maximum Gasteiger partial charge on any atom is 0.326 e. The third-order valence-electron chi connectivity index (χ3n) is 6.96. The molecule has 2 aromatic carbocycles. The maximum absolute atomic E-state index is 13.3. The molecule has 0 unspecified atom stereocenters. The molecule has 31 heavy (non-hydrogen) atoms. The molecule has 3 aliphatic heterocycles. The highest BCUT2D eigenvalue weighted by Gasteiger charge is 2.53. The molecule has 3 atom stereocenters.